The molecule has 1 aliphatic carbocycles. The largest absolute Gasteiger partial charge is 0.368 e. The van der Waals surface area contributed by atoms with E-state index in [-0.39, 0.29) is 11.9 Å². The van der Waals surface area contributed by atoms with E-state index in [9.17, 15) is 4.79 Å². The maximum atomic E-state index is 12.5. The summed E-state index contributed by atoms with van der Waals surface area (Å²) in [6, 6.07) is 7.23. The minimum absolute atomic E-state index is 0.149. The summed E-state index contributed by atoms with van der Waals surface area (Å²) >= 11 is 12.1. The number of H-pyrrole nitrogens is 1. The molecule has 1 aromatic heterocycles. The van der Waals surface area contributed by atoms with Crippen molar-refractivity contribution in [3.05, 3.63) is 45.6 Å². The van der Waals surface area contributed by atoms with Gasteiger partial charge in [-0.2, -0.15) is 5.10 Å². The van der Waals surface area contributed by atoms with Gasteiger partial charge in [0.1, 0.15) is 5.82 Å². The predicted molar refractivity (Wildman–Crippen MR) is 111 cm³/mol. The number of hydrogen-bond donors (Lipinski definition) is 3. The van der Waals surface area contributed by atoms with Crippen LogP contribution >= 0.6 is 23.2 Å². The summed E-state index contributed by atoms with van der Waals surface area (Å²) in [7, 11) is 0. The lowest BCUT2D eigenvalue weighted by atomic mass is 9.86. The van der Waals surface area contributed by atoms with Gasteiger partial charge in [0.05, 0.1) is 10.6 Å². The number of nitrogens with one attached hydrogen (secondary N) is 3. The summed E-state index contributed by atoms with van der Waals surface area (Å²) in [6.45, 7) is 3.07. The SMILES string of the molecule is CCCc1cc(NCC2CCC(NC(=O)c3cc(Cl)ccc3Cl)CC2)n[nH]1. The van der Waals surface area contributed by atoms with E-state index in [0.717, 1.165) is 50.9 Å². The Morgan fingerprint density at radius 3 is 2.74 bits per heavy atom. The third-order valence-corrected chi connectivity index (χ3v) is 5.64. The average molecular weight is 409 g/mol. The van der Waals surface area contributed by atoms with Crippen molar-refractivity contribution in [2.45, 2.75) is 51.5 Å². The van der Waals surface area contributed by atoms with Gasteiger partial charge in [-0.05, 0) is 56.2 Å². The van der Waals surface area contributed by atoms with Crippen LogP contribution in [0.2, 0.25) is 10.0 Å². The lowest BCUT2D eigenvalue weighted by Crippen LogP contribution is -2.38. The van der Waals surface area contributed by atoms with Crippen LogP contribution in [0.4, 0.5) is 5.82 Å². The van der Waals surface area contributed by atoms with Gasteiger partial charge in [-0.25, -0.2) is 0 Å². The Kier molecular flexibility index (Phi) is 7.02. The Hall–Kier alpha value is -1.72. The average Bonchev–Trinajstić information content (AvgIpc) is 3.11. The number of benzene rings is 1. The molecule has 7 heteroatoms. The number of anilines is 1. The molecule has 1 saturated carbocycles. The number of carbonyl (C=O) groups is 1. The number of amides is 1. The maximum Gasteiger partial charge on any atom is 0.253 e. The summed E-state index contributed by atoms with van der Waals surface area (Å²) in [5.41, 5.74) is 1.61. The normalized spacial score (nSPS) is 19.7. The third kappa shape index (κ3) is 5.63. The van der Waals surface area contributed by atoms with Crippen LogP contribution in [0.15, 0.2) is 24.3 Å². The Labute approximate surface area is 170 Å². The Balaban J connectivity index is 1.43. The van der Waals surface area contributed by atoms with Crippen LogP contribution in [0.25, 0.3) is 0 Å². The number of rotatable bonds is 7. The number of halogens is 2. The number of aryl methyl sites for hydroxylation is 1. The first-order valence-corrected chi connectivity index (χ1v) is 10.3. The van der Waals surface area contributed by atoms with E-state index in [0.29, 0.717) is 21.5 Å². The van der Waals surface area contributed by atoms with Crippen molar-refractivity contribution in [2.75, 3.05) is 11.9 Å². The second-order valence-corrected chi connectivity index (χ2v) is 8.07. The van der Waals surface area contributed by atoms with Gasteiger partial charge in [0.15, 0.2) is 0 Å². The van der Waals surface area contributed by atoms with E-state index in [4.69, 9.17) is 23.2 Å². The van der Waals surface area contributed by atoms with Crippen LogP contribution < -0.4 is 10.6 Å². The van der Waals surface area contributed by atoms with E-state index < -0.39 is 0 Å². The standard InChI is InChI=1S/C20H26Cl2N4O/c1-2-3-16-11-19(26-25-16)23-12-13-4-7-15(8-5-13)24-20(27)17-10-14(21)6-9-18(17)22/h6,9-11,13,15H,2-5,7-8,12H2,1H3,(H,24,27)(H2,23,25,26). The fraction of sp³-hybridized carbons (Fsp3) is 0.500. The Morgan fingerprint density at radius 1 is 1.22 bits per heavy atom. The van der Waals surface area contributed by atoms with Crippen molar-refractivity contribution in [1.29, 1.82) is 0 Å². The number of aromatic nitrogens is 2. The highest BCUT2D eigenvalue weighted by atomic mass is 35.5. The molecule has 1 aromatic carbocycles. The van der Waals surface area contributed by atoms with E-state index in [2.05, 4.69) is 33.8 Å². The van der Waals surface area contributed by atoms with Crippen molar-refractivity contribution in [2.24, 2.45) is 5.92 Å². The highest BCUT2D eigenvalue weighted by Crippen LogP contribution is 2.26. The van der Waals surface area contributed by atoms with E-state index in [1.807, 2.05) is 0 Å². The maximum absolute atomic E-state index is 12.5. The molecule has 5 nitrogen and oxygen atoms in total. The van der Waals surface area contributed by atoms with Crippen LogP contribution in [0.5, 0.6) is 0 Å². The second-order valence-electron chi connectivity index (χ2n) is 7.22. The lowest BCUT2D eigenvalue weighted by Gasteiger charge is -2.29. The number of hydrogen-bond acceptors (Lipinski definition) is 3. The van der Waals surface area contributed by atoms with Crippen LogP contribution in [0, 0.1) is 5.92 Å². The first-order valence-electron chi connectivity index (χ1n) is 9.59. The quantitative estimate of drug-likeness (QED) is 0.598. The molecule has 3 rings (SSSR count). The number of aromatic amines is 1. The minimum atomic E-state index is -0.149. The van der Waals surface area contributed by atoms with E-state index in [1.54, 1.807) is 18.2 Å². The van der Waals surface area contributed by atoms with Gasteiger partial charge < -0.3 is 10.6 Å². The highest BCUT2D eigenvalue weighted by molar-refractivity contribution is 6.35. The molecular formula is C20H26Cl2N4O. The predicted octanol–water partition coefficient (Wildman–Crippen LogP) is 5.07. The first-order chi connectivity index (χ1) is 13.0. The van der Waals surface area contributed by atoms with Gasteiger partial charge in [0, 0.05) is 29.4 Å². The van der Waals surface area contributed by atoms with Gasteiger partial charge in [-0.1, -0.05) is 36.5 Å². The highest BCUT2D eigenvalue weighted by Gasteiger charge is 2.23. The van der Waals surface area contributed by atoms with Crippen molar-refractivity contribution in [3.8, 4) is 0 Å². The molecule has 1 fully saturated rings. The molecule has 2 aromatic rings. The lowest BCUT2D eigenvalue weighted by molar-refractivity contribution is 0.0923. The summed E-state index contributed by atoms with van der Waals surface area (Å²) in [4.78, 5) is 12.5. The van der Waals surface area contributed by atoms with E-state index >= 15 is 0 Å². The molecule has 1 amide bonds. The fourth-order valence-corrected chi connectivity index (χ4v) is 3.92. The van der Waals surface area contributed by atoms with Crippen molar-refractivity contribution in [1.82, 2.24) is 15.5 Å². The van der Waals surface area contributed by atoms with Crippen LogP contribution in [0.3, 0.4) is 0 Å². The zero-order valence-corrected chi connectivity index (χ0v) is 17.0. The van der Waals surface area contributed by atoms with Crippen LogP contribution in [-0.2, 0) is 6.42 Å². The summed E-state index contributed by atoms with van der Waals surface area (Å²) < 4.78 is 0. The van der Waals surface area contributed by atoms with Gasteiger partial charge in [-0.15, -0.1) is 0 Å². The molecule has 1 aliphatic rings. The van der Waals surface area contributed by atoms with Crippen molar-refractivity contribution in [3.63, 3.8) is 0 Å². The molecule has 0 bridgehead atoms. The van der Waals surface area contributed by atoms with Crippen LogP contribution in [-0.4, -0.2) is 28.7 Å². The molecule has 0 radical (unpaired) electrons. The molecule has 3 N–H and O–H groups in total. The molecule has 0 aliphatic heterocycles. The van der Waals surface area contributed by atoms with Gasteiger partial charge in [0.2, 0.25) is 0 Å². The molecule has 0 spiro atoms. The molecule has 146 valence electrons. The third-order valence-electron chi connectivity index (χ3n) is 5.08. The van der Waals surface area contributed by atoms with E-state index in [1.165, 1.54) is 5.69 Å². The summed E-state index contributed by atoms with van der Waals surface area (Å²) in [5, 5.41) is 14.8. The second kappa shape index (κ2) is 9.47. The van der Waals surface area contributed by atoms with Crippen LogP contribution in [0.1, 0.15) is 55.1 Å². The molecule has 1 heterocycles. The molecule has 0 unspecified atom stereocenters. The minimum Gasteiger partial charge on any atom is -0.368 e. The molecular weight excluding hydrogens is 383 g/mol. The Bertz CT molecular complexity index is 769. The van der Waals surface area contributed by atoms with Crippen molar-refractivity contribution < 1.29 is 4.79 Å². The molecule has 0 saturated heterocycles. The molecule has 0 atom stereocenters. The Morgan fingerprint density at radius 2 is 2.00 bits per heavy atom. The number of carbonyl (C=O) groups excluding carboxylic acids is 1. The monoisotopic (exact) mass is 408 g/mol. The summed E-state index contributed by atoms with van der Waals surface area (Å²) in [6.07, 6.45) is 6.23. The zero-order valence-electron chi connectivity index (χ0n) is 15.5. The smallest absolute Gasteiger partial charge is 0.253 e. The van der Waals surface area contributed by atoms with Gasteiger partial charge >= 0.3 is 0 Å². The van der Waals surface area contributed by atoms with Crippen molar-refractivity contribution >= 4 is 34.9 Å². The van der Waals surface area contributed by atoms with Gasteiger partial charge in [0.25, 0.3) is 5.91 Å². The first kappa shape index (κ1) is 20.0. The summed E-state index contributed by atoms with van der Waals surface area (Å²) in [5.74, 6) is 1.37. The van der Waals surface area contributed by atoms with Gasteiger partial charge in [-0.3, -0.25) is 9.89 Å². The fourth-order valence-electron chi connectivity index (χ4n) is 3.54. The number of nitrogens with zero attached hydrogens (tertiary/aromatic N) is 1. The topological polar surface area (TPSA) is 69.8 Å². The zero-order chi connectivity index (χ0) is 19.2. The molecule has 27 heavy (non-hydrogen) atoms.